The van der Waals surface area contributed by atoms with Gasteiger partial charge in [0.2, 0.25) is 5.91 Å². The lowest BCUT2D eigenvalue weighted by Crippen LogP contribution is -2.33. The molecule has 7 heteroatoms. The van der Waals surface area contributed by atoms with E-state index in [1.807, 2.05) is 59.3 Å². The smallest absolute Gasteiger partial charge is 0.329 e. The molecule has 0 spiro atoms. The van der Waals surface area contributed by atoms with Crippen LogP contribution in [0, 0.1) is 0 Å². The number of hydrogen-bond acceptors (Lipinski definition) is 3. The van der Waals surface area contributed by atoms with Crippen molar-refractivity contribution in [3.8, 4) is 0 Å². The van der Waals surface area contributed by atoms with E-state index < -0.39 is 0 Å². The summed E-state index contributed by atoms with van der Waals surface area (Å²) in [6.45, 7) is 0.480. The lowest BCUT2D eigenvalue weighted by molar-refractivity contribution is -0.121. The van der Waals surface area contributed by atoms with Gasteiger partial charge in [-0.1, -0.05) is 18.2 Å². The fraction of sp³-hybridized carbons (Fsp3) is 0.211. The molecule has 1 N–H and O–H groups in total. The van der Waals surface area contributed by atoms with Crippen LogP contribution in [0.5, 0.6) is 0 Å². The maximum Gasteiger partial charge on any atom is 0.329 e. The molecule has 0 aliphatic carbocycles. The molecule has 0 unspecified atom stereocenters. The summed E-state index contributed by atoms with van der Waals surface area (Å²) in [5, 5.41) is 2.87. The van der Waals surface area contributed by atoms with E-state index in [1.54, 1.807) is 11.6 Å². The highest BCUT2D eigenvalue weighted by molar-refractivity contribution is 5.80. The minimum atomic E-state index is -0.193. The van der Waals surface area contributed by atoms with Gasteiger partial charge in [0.25, 0.3) is 0 Å². The topological polar surface area (TPSA) is 73.3 Å². The molecule has 4 aromatic rings. The van der Waals surface area contributed by atoms with Crippen molar-refractivity contribution < 1.29 is 4.79 Å². The molecule has 0 aliphatic heterocycles. The number of fused-ring (bicyclic) bond motifs is 2. The third-order valence-corrected chi connectivity index (χ3v) is 4.47. The molecule has 0 atom stereocenters. The predicted octanol–water partition coefficient (Wildman–Crippen LogP) is 1.35. The van der Waals surface area contributed by atoms with Crippen LogP contribution in [-0.2, 0) is 24.8 Å². The summed E-state index contributed by atoms with van der Waals surface area (Å²) < 4.78 is 5.00. The Morgan fingerprint density at radius 2 is 1.88 bits per heavy atom. The summed E-state index contributed by atoms with van der Waals surface area (Å²) in [4.78, 5) is 29.1. The molecule has 0 saturated carbocycles. The maximum atomic E-state index is 12.4. The quantitative estimate of drug-likeness (QED) is 0.591. The van der Waals surface area contributed by atoms with Gasteiger partial charge in [-0.15, -0.1) is 0 Å². The van der Waals surface area contributed by atoms with Crippen LogP contribution in [0.15, 0.2) is 59.7 Å². The monoisotopic (exact) mass is 349 g/mol. The van der Waals surface area contributed by atoms with Crippen LogP contribution in [-0.4, -0.2) is 31.0 Å². The molecule has 0 fully saturated rings. The van der Waals surface area contributed by atoms with Crippen molar-refractivity contribution in [3.05, 3.63) is 71.0 Å². The minimum absolute atomic E-state index is 0.00531. The Balaban J connectivity index is 1.42. The van der Waals surface area contributed by atoms with Crippen molar-refractivity contribution in [2.24, 2.45) is 7.05 Å². The largest absolute Gasteiger partial charge is 0.354 e. The molecule has 7 nitrogen and oxygen atoms in total. The number of benzene rings is 1. The third kappa shape index (κ3) is 2.88. The number of aromatic nitrogens is 4. The van der Waals surface area contributed by atoms with Crippen LogP contribution in [0.4, 0.5) is 0 Å². The Labute approximate surface area is 149 Å². The number of para-hydroxylation sites is 2. The Bertz CT molecular complexity index is 1120. The molecule has 4 rings (SSSR count). The lowest BCUT2D eigenvalue weighted by atomic mass is 10.3. The molecule has 1 aromatic carbocycles. The van der Waals surface area contributed by atoms with E-state index in [0.29, 0.717) is 13.0 Å². The van der Waals surface area contributed by atoms with Gasteiger partial charge in [0.05, 0.1) is 16.7 Å². The molecule has 1 amide bonds. The Kier molecular flexibility index (Phi) is 4.04. The number of hydrogen-bond donors (Lipinski definition) is 1. The molecular weight excluding hydrogens is 330 g/mol. The van der Waals surface area contributed by atoms with Crippen LogP contribution in [0.1, 0.15) is 5.69 Å². The summed E-state index contributed by atoms with van der Waals surface area (Å²) in [6.07, 6.45) is 4.53. The summed E-state index contributed by atoms with van der Waals surface area (Å²) >= 11 is 0. The first-order valence-corrected chi connectivity index (χ1v) is 8.47. The zero-order valence-electron chi connectivity index (χ0n) is 14.4. The van der Waals surface area contributed by atoms with E-state index in [0.717, 1.165) is 22.4 Å². The zero-order chi connectivity index (χ0) is 18.1. The van der Waals surface area contributed by atoms with Gasteiger partial charge in [-0.3, -0.25) is 13.9 Å². The molecular formula is C19H19N5O2. The Morgan fingerprint density at radius 3 is 2.69 bits per heavy atom. The SMILES string of the molecule is Cn1c(=O)n(CC(=O)NCCc2cn3ccccc3n2)c2ccccc21. The van der Waals surface area contributed by atoms with Crippen LogP contribution in [0.3, 0.4) is 0 Å². The van der Waals surface area contributed by atoms with Gasteiger partial charge in [-0.2, -0.15) is 0 Å². The second-order valence-corrected chi connectivity index (χ2v) is 6.21. The summed E-state index contributed by atoms with van der Waals surface area (Å²) in [5.74, 6) is -0.188. The summed E-state index contributed by atoms with van der Waals surface area (Å²) in [7, 11) is 1.71. The van der Waals surface area contributed by atoms with E-state index in [2.05, 4.69) is 10.3 Å². The van der Waals surface area contributed by atoms with Gasteiger partial charge >= 0.3 is 5.69 Å². The summed E-state index contributed by atoms with van der Waals surface area (Å²) in [5.41, 5.74) is 3.18. The number of nitrogens with zero attached hydrogens (tertiary/aromatic N) is 4. The van der Waals surface area contributed by atoms with Gasteiger partial charge in [0, 0.05) is 32.4 Å². The molecule has 26 heavy (non-hydrogen) atoms. The van der Waals surface area contributed by atoms with Crippen LogP contribution in [0.25, 0.3) is 16.7 Å². The molecule has 0 bridgehead atoms. The van der Waals surface area contributed by atoms with Gasteiger partial charge in [0.15, 0.2) is 0 Å². The number of nitrogens with one attached hydrogen (secondary N) is 1. The maximum absolute atomic E-state index is 12.4. The van der Waals surface area contributed by atoms with Crippen molar-refractivity contribution in [2.45, 2.75) is 13.0 Å². The summed E-state index contributed by atoms with van der Waals surface area (Å²) in [6, 6.07) is 13.3. The van der Waals surface area contributed by atoms with Crippen molar-refractivity contribution in [3.63, 3.8) is 0 Å². The number of imidazole rings is 2. The molecule has 0 radical (unpaired) electrons. The van der Waals surface area contributed by atoms with Gasteiger partial charge in [-0.25, -0.2) is 9.78 Å². The Morgan fingerprint density at radius 1 is 1.12 bits per heavy atom. The molecule has 3 aromatic heterocycles. The molecule has 0 aliphatic rings. The number of aryl methyl sites for hydroxylation is 1. The van der Waals surface area contributed by atoms with Crippen LogP contribution in [0.2, 0.25) is 0 Å². The average Bonchev–Trinajstić information content (AvgIpc) is 3.16. The van der Waals surface area contributed by atoms with Crippen molar-refractivity contribution >= 4 is 22.6 Å². The van der Waals surface area contributed by atoms with Crippen molar-refractivity contribution in [2.75, 3.05) is 6.54 Å². The normalized spacial score (nSPS) is 11.3. The van der Waals surface area contributed by atoms with Crippen molar-refractivity contribution in [1.29, 1.82) is 0 Å². The highest BCUT2D eigenvalue weighted by Gasteiger charge is 2.13. The second kappa shape index (κ2) is 6.51. The van der Waals surface area contributed by atoms with E-state index >= 15 is 0 Å². The number of rotatable bonds is 5. The molecule has 3 heterocycles. The fourth-order valence-electron chi connectivity index (χ4n) is 3.15. The molecule has 132 valence electrons. The number of pyridine rings is 1. The van der Waals surface area contributed by atoms with Crippen LogP contribution >= 0.6 is 0 Å². The first kappa shape index (κ1) is 16.1. The van der Waals surface area contributed by atoms with E-state index in [9.17, 15) is 9.59 Å². The number of carbonyl (C=O) groups is 1. The van der Waals surface area contributed by atoms with E-state index in [4.69, 9.17) is 0 Å². The first-order valence-electron chi connectivity index (χ1n) is 8.47. The zero-order valence-corrected chi connectivity index (χ0v) is 14.4. The van der Waals surface area contributed by atoms with Crippen LogP contribution < -0.4 is 11.0 Å². The number of carbonyl (C=O) groups excluding carboxylic acids is 1. The number of amides is 1. The van der Waals surface area contributed by atoms with Crippen molar-refractivity contribution in [1.82, 2.24) is 23.8 Å². The minimum Gasteiger partial charge on any atom is -0.354 e. The first-order chi connectivity index (χ1) is 12.6. The lowest BCUT2D eigenvalue weighted by Gasteiger charge is -2.05. The van der Waals surface area contributed by atoms with E-state index in [-0.39, 0.29) is 18.1 Å². The van der Waals surface area contributed by atoms with E-state index in [1.165, 1.54) is 4.57 Å². The van der Waals surface area contributed by atoms with Gasteiger partial charge in [0.1, 0.15) is 12.2 Å². The predicted molar refractivity (Wildman–Crippen MR) is 99.1 cm³/mol. The Hall–Kier alpha value is -3.35. The standard InChI is InChI=1S/C19H19N5O2/c1-22-15-6-2-3-7-16(15)24(19(22)26)13-18(25)20-10-9-14-12-23-11-5-4-8-17(23)21-14/h2-8,11-12H,9-10,13H2,1H3,(H,20,25). The highest BCUT2D eigenvalue weighted by Crippen LogP contribution is 2.11. The molecule has 0 saturated heterocycles. The fourth-order valence-corrected chi connectivity index (χ4v) is 3.15. The van der Waals surface area contributed by atoms with Gasteiger partial charge in [-0.05, 0) is 24.3 Å². The highest BCUT2D eigenvalue weighted by atomic mass is 16.2. The average molecular weight is 349 g/mol. The second-order valence-electron chi connectivity index (χ2n) is 6.21. The third-order valence-electron chi connectivity index (χ3n) is 4.47. The van der Waals surface area contributed by atoms with Gasteiger partial charge < -0.3 is 9.72 Å².